The molecule has 0 fully saturated rings. The number of nitrogens with zero attached hydrogens (tertiary/aromatic N) is 1. The molecule has 1 unspecified atom stereocenters. The van der Waals surface area contributed by atoms with Crippen LogP contribution in [0.25, 0.3) is 0 Å². The Morgan fingerprint density at radius 1 is 1.38 bits per heavy atom. The van der Waals surface area contributed by atoms with Gasteiger partial charge in [0.05, 0.1) is 17.3 Å². The van der Waals surface area contributed by atoms with Crippen molar-refractivity contribution in [3.8, 4) is 5.75 Å². The van der Waals surface area contributed by atoms with E-state index in [4.69, 9.17) is 15.4 Å². The molecule has 1 rings (SSSR count). The third-order valence-electron chi connectivity index (χ3n) is 3.12. The number of hydrogen-bond donors (Lipinski definition) is 0. The number of nitro groups is 1. The summed E-state index contributed by atoms with van der Waals surface area (Å²) in [7, 11) is 1.62. The highest BCUT2D eigenvalue weighted by molar-refractivity contribution is 8.13. The van der Waals surface area contributed by atoms with E-state index in [1.807, 2.05) is 13.8 Å². The van der Waals surface area contributed by atoms with Crippen molar-refractivity contribution in [2.75, 3.05) is 12.4 Å². The molecule has 1 aromatic rings. The van der Waals surface area contributed by atoms with E-state index >= 15 is 0 Å². The van der Waals surface area contributed by atoms with E-state index < -0.39 is 14.0 Å². The minimum absolute atomic E-state index is 0.0167. The Hall–Kier alpha value is -1.34. The van der Waals surface area contributed by atoms with Gasteiger partial charge < -0.3 is 4.74 Å². The predicted octanol–water partition coefficient (Wildman–Crippen LogP) is 3.12. The lowest BCUT2D eigenvalue weighted by atomic mass is 9.99. The second-order valence-electron chi connectivity index (χ2n) is 5.25. The summed E-state index contributed by atoms with van der Waals surface area (Å²) < 4.78 is 27.8. The summed E-state index contributed by atoms with van der Waals surface area (Å²) in [5, 5.41) is 11.0. The second-order valence-corrected chi connectivity index (χ2v) is 8.07. The van der Waals surface area contributed by atoms with Crippen molar-refractivity contribution in [3.63, 3.8) is 0 Å². The average Bonchev–Trinajstić information content (AvgIpc) is 2.33. The molecular formula is C13H18ClNO5S. The smallest absolute Gasteiger partial charge is 0.311 e. The predicted molar refractivity (Wildman–Crippen MR) is 81.3 cm³/mol. The van der Waals surface area contributed by atoms with Gasteiger partial charge in [-0.1, -0.05) is 19.9 Å². The normalized spacial score (nSPS) is 13.2. The van der Waals surface area contributed by atoms with Crippen molar-refractivity contribution in [1.82, 2.24) is 0 Å². The minimum atomic E-state index is -3.65. The van der Waals surface area contributed by atoms with Crippen LogP contribution in [-0.4, -0.2) is 25.7 Å². The first-order valence-electron chi connectivity index (χ1n) is 6.40. The topological polar surface area (TPSA) is 86.5 Å². The summed E-state index contributed by atoms with van der Waals surface area (Å²) in [6.07, 6.45) is 0. The third kappa shape index (κ3) is 5.89. The number of halogens is 1. The summed E-state index contributed by atoms with van der Waals surface area (Å²) in [6.45, 7) is 5.49. The summed E-state index contributed by atoms with van der Waals surface area (Å²) in [5.74, 6) is -0.425. The maximum Gasteiger partial charge on any atom is 0.311 e. The molecule has 1 atom stereocenters. The van der Waals surface area contributed by atoms with Gasteiger partial charge >= 0.3 is 5.69 Å². The Bertz CT molecular complexity index is 615. The Kier molecular flexibility index (Phi) is 5.98. The van der Waals surface area contributed by atoms with E-state index in [-0.39, 0.29) is 35.6 Å². The summed E-state index contributed by atoms with van der Waals surface area (Å²) in [4.78, 5) is 10.5. The molecule has 0 spiro atoms. The first-order chi connectivity index (χ1) is 9.60. The van der Waals surface area contributed by atoms with Gasteiger partial charge in [0.1, 0.15) is 0 Å². The number of ether oxygens (including phenoxy) is 1. The molecule has 0 saturated carbocycles. The highest BCUT2D eigenvalue weighted by atomic mass is 35.7. The van der Waals surface area contributed by atoms with Crippen LogP contribution in [0.15, 0.2) is 18.2 Å². The van der Waals surface area contributed by atoms with Crippen LogP contribution in [0.5, 0.6) is 5.75 Å². The number of aryl methyl sites for hydroxylation is 1. The Morgan fingerprint density at radius 2 is 2.00 bits per heavy atom. The lowest BCUT2D eigenvalue weighted by Gasteiger charge is -2.19. The number of nitro benzene ring substituents is 1. The molecule has 1 aromatic carbocycles. The highest BCUT2D eigenvalue weighted by Crippen LogP contribution is 2.29. The molecule has 0 saturated heterocycles. The van der Waals surface area contributed by atoms with Crippen LogP contribution in [0, 0.1) is 28.9 Å². The molecule has 6 nitrogen and oxygen atoms in total. The number of benzene rings is 1. The van der Waals surface area contributed by atoms with Gasteiger partial charge in [-0.3, -0.25) is 10.1 Å². The first kappa shape index (κ1) is 17.7. The van der Waals surface area contributed by atoms with Crippen molar-refractivity contribution in [2.24, 2.45) is 11.8 Å². The van der Waals surface area contributed by atoms with Gasteiger partial charge in [0.2, 0.25) is 9.05 Å². The summed E-state index contributed by atoms with van der Waals surface area (Å²) in [6, 6.07) is 4.63. The van der Waals surface area contributed by atoms with Crippen LogP contribution in [0.2, 0.25) is 0 Å². The summed E-state index contributed by atoms with van der Waals surface area (Å²) >= 11 is 0. The van der Waals surface area contributed by atoms with Crippen molar-refractivity contribution < 1.29 is 18.1 Å². The van der Waals surface area contributed by atoms with Crippen molar-refractivity contribution in [2.45, 2.75) is 20.8 Å². The van der Waals surface area contributed by atoms with Crippen LogP contribution in [0.4, 0.5) is 5.69 Å². The largest absolute Gasteiger partial charge is 0.486 e. The quantitative estimate of drug-likeness (QED) is 0.434. The van der Waals surface area contributed by atoms with Crippen LogP contribution < -0.4 is 4.74 Å². The molecule has 21 heavy (non-hydrogen) atoms. The molecule has 0 heterocycles. The van der Waals surface area contributed by atoms with Crippen molar-refractivity contribution >= 4 is 25.4 Å². The molecule has 8 heteroatoms. The van der Waals surface area contributed by atoms with Gasteiger partial charge in [0.25, 0.3) is 0 Å². The zero-order chi connectivity index (χ0) is 16.2. The van der Waals surface area contributed by atoms with Gasteiger partial charge in [-0.15, -0.1) is 0 Å². The molecule has 0 bridgehead atoms. The maximum absolute atomic E-state index is 11.2. The lowest BCUT2D eigenvalue weighted by Crippen LogP contribution is -2.24. The Morgan fingerprint density at radius 3 is 2.48 bits per heavy atom. The molecule has 118 valence electrons. The zero-order valence-electron chi connectivity index (χ0n) is 12.1. The van der Waals surface area contributed by atoms with Gasteiger partial charge in [0.15, 0.2) is 5.75 Å². The molecular weight excluding hydrogens is 318 g/mol. The van der Waals surface area contributed by atoms with E-state index in [1.54, 1.807) is 13.0 Å². The Balaban J connectivity index is 2.88. The molecule has 0 aliphatic rings. The fraction of sp³-hybridized carbons (Fsp3) is 0.538. The van der Waals surface area contributed by atoms with Gasteiger partial charge in [-0.25, -0.2) is 8.42 Å². The van der Waals surface area contributed by atoms with Gasteiger partial charge in [-0.2, -0.15) is 0 Å². The molecule has 0 radical (unpaired) electrons. The molecule has 0 amide bonds. The van der Waals surface area contributed by atoms with Crippen LogP contribution in [-0.2, 0) is 9.05 Å². The van der Waals surface area contributed by atoms with Crippen molar-refractivity contribution in [1.29, 1.82) is 0 Å². The van der Waals surface area contributed by atoms with E-state index in [2.05, 4.69) is 0 Å². The van der Waals surface area contributed by atoms with E-state index in [0.29, 0.717) is 0 Å². The third-order valence-corrected chi connectivity index (χ3v) is 4.32. The molecule has 0 aliphatic carbocycles. The van der Waals surface area contributed by atoms with Gasteiger partial charge in [-0.05, 0) is 24.5 Å². The van der Waals surface area contributed by atoms with Crippen LogP contribution in [0.3, 0.4) is 0 Å². The molecule has 0 aliphatic heterocycles. The zero-order valence-corrected chi connectivity index (χ0v) is 13.6. The monoisotopic (exact) mass is 335 g/mol. The minimum Gasteiger partial charge on any atom is -0.486 e. The summed E-state index contributed by atoms with van der Waals surface area (Å²) in [5.41, 5.74) is 0.615. The first-order valence-corrected chi connectivity index (χ1v) is 8.88. The van der Waals surface area contributed by atoms with Crippen LogP contribution in [0.1, 0.15) is 19.4 Å². The van der Waals surface area contributed by atoms with E-state index in [1.165, 1.54) is 12.1 Å². The van der Waals surface area contributed by atoms with E-state index in [9.17, 15) is 18.5 Å². The van der Waals surface area contributed by atoms with Crippen molar-refractivity contribution in [3.05, 3.63) is 33.9 Å². The standard InChI is InChI=1S/C13H18ClNO5S/c1-9(2)11(8-21(14,18)19)7-20-13-5-4-10(3)6-12(13)15(16)17/h4-6,9,11H,7-8H2,1-3H3. The van der Waals surface area contributed by atoms with E-state index in [0.717, 1.165) is 5.56 Å². The molecule has 0 N–H and O–H groups in total. The SMILES string of the molecule is Cc1ccc(OCC(CS(=O)(=O)Cl)C(C)C)c([N+](=O)[O-])c1. The number of rotatable bonds is 7. The van der Waals surface area contributed by atoms with Crippen LogP contribution >= 0.6 is 10.7 Å². The Labute approximate surface area is 128 Å². The number of hydrogen-bond acceptors (Lipinski definition) is 5. The van der Waals surface area contributed by atoms with Gasteiger partial charge in [0, 0.05) is 22.7 Å². The highest BCUT2D eigenvalue weighted by Gasteiger charge is 2.23. The fourth-order valence-corrected chi connectivity index (χ4v) is 3.26. The lowest BCUT2D eigenvalue weighted by molar-refractivity contribution is -0.386. The maximum atomic E-state index is 11.2. The fourth-order valence-electron chi connectivity index (χ4n) is 1.78. The molecule has 0 aromatic heterocycles. The second kappa shape index (κ2) is 7.09. The average molecular weight is 336 g/mol.